The molecule has 128 valence electrons. The van der Waals surface area contributed by atoms with Crippen LogP contribution in [0, 0.1) is 5.92 Å². The quantitative estimate of drug-likeness (QED) is 0.804. The number of nitrogens with zero attached hydrogens (tertiary/aromatic N) is 2. The minimum atomic E-state index is -0.677. The zero-order chi connectivity index (χ0) is 16.8. The molecule has 6 nitrogen and oxygen atoms in total. The largest absolute Gasteiger partial charge is 0.494 e. The molecule has 0 bridgehead atoms. The smallest absolute Gasteiger partial charge is 0.290 e. The molecule has 1 aliphatic carbocycles. The minimum Gasteiger partial charge on any atom is -0.494 e. The Labute approximate surface area is 141 Å². The van der Waals surface area contributed by atoms with Gasteiger partial charge in [0.25, 0.3) is 11.7 Å². The van der Waals surface area contributed by atoms with Gasteiger partial charge < -0.3 is 15.0 Å². The standard InChI is InChI=1S/C18H23N3O3/c19-17(22)18-20-16(24-21-18)10-7-14-5-8-15(9-6-14)23-12-11-13-3-1-2-4-13/h5-6,8-9,13H,1-4,7,10-12H2,(H2,19,22). The highest BCUT2D eigenvalue weighted by Crippen LogP contribution is 2.27. The summed E-state index contributed by atoms with van der Waals surface area (Å²) in [4.78, 5) is 14.9. The summed E-state index contributed by atoms with van der Waals surface area (Å²) >= 11 is 0. The Balaban J connectivity index is 1.42. The van der Waals surface area contributed by atoms with Crippen molar-refractivity contribution in [3.8, 4) is 5.75 Å². The molecule has 24 heavy (non-hydrogen) atoms. The Bertz CT molecular complexity index is 660. The monoisotopic (exact) mass is 329 g/mol. The number of benzene rings is 1. The van der Waals surface area contributed by atoms with Crippen LogP contribution >= 0.6 is 0 Å². The number of nitrogens with two attached hydrogens (primary N) is 1. The summed E-state index contributed by atoms with van der Waals surface area (Å²) in [5.74, 6) is 1.43. The van der Waals surface area contributed by atoms with Gasteiger partial charge in [0.1, 0.15) is 5.75 Å². The van der Waals surface area contributed by atoms with Gasteiger partial charge in [-0.1, -0.05) is 43.0 Å². The molecule has 2 N–H and O–H groups in total. The molecule has 0 radical (unpaired) electrons. The van der Waals surface area contributed by atoms with Crippen LogP contribution < -0.4 is 10.5 Å². The van der Waals surface area contributed by atoms with E-state index in [2.05, 4.69) is 10.1 Å². The fourth-order valence-electron chi connectivity index (χ4n) is 3.10. The summed E-state index contributed by atoms with van der Waals surface area (Å²) in [6.45, 7) is 0.794. The van der Waals surface area contributed by atoms with Gasteiger partial charge in [0.15, 0.2) is 0 Å². The topological polar surface area (TPSA) is 91.2 Å². The van der Waals surface area contributed by atoms with E-state index in [1.807, 2.05) is 24.3 Å². The second-order valence-corrected chi connectivity index (χ2v) is 6.31. The van der Waals surface area contributed by atoms with Crippen molar-refractivity contribution in [1.82, 2.24) is 10.1 Å². The van der Waals surface area contributed by atoms with Gasteiger partial charge in [-0.15, -0.1) is 0 Å². The van der Waals surface area contributed by atoms with E-state index in [1.54, 1.807) is 0 Å². The Morgan fingerprint density at radius 2 is 1.96 bits per heavy atom. The lowest BCUT2D eigenvalue weighted by Crippen LogP contribution is -2.12. The van der Waals surface area contributed by atoms with Crippen LogP contribution in [0.25, 0.3) is 0 Å². The van der Waals surface area contributed by atoms with E-state index in [-0.39, 0.29) is 5.82 Å². The second-order valence-electron chi connectivity index (χ2n) is 6.31. The second kappa shape index (κ2) is 7.95. The number of hydrogen-bond acceptors (Lipinski definition) is 5. The number of aromatic nitrogens is 2. The number of hydrogen-bond donors (Lipinski definition) is 1. The first-order valence-electron chi connectivity index (χ1n) is 8.55. The van der Waals surface area contributed by atoms with Crippen molar-refractivity contribution < 1.29 is 14.1 Å². The molecule has 1 saturated carbocycles. The van der Waals surface area contributed by atoms with E-state index in [0.29, 0.717) is 12.3 Å². The molecular weight excluding hydrogens is 306 g/mol. The molecule has 0 spiro atoms. The molecule has 6 heteroatoms. The first-order chi connectivity index (χ1) is 11.7. The molecule has 0 atom stereocenters. The first kappa shape index (κ1) is 16.5. The van der Waals surface area contributed by atoms with Gasteiger partial charge in [-0.2, -0.15) is 4.98 Å². The number of primary amides is 1. The maximum atomic E-state index is 10.9. The maximum Gasteiger partial charge on any atom is 0.290 e. The Kier molecular flexibility index (Phi) is 5.46. The third-order valence-corrected chi connectivity index (χ3v) is 4.51. The lowest BCUT2D eigenvalue weighted by atomic mass is 10.1. The normalized spacial score (nSPS) is 14.8. The van der Waals surface area contributed by atoms with Crippen molar-refractivity contribution in [2.24, 2.45) is 11.7 Å². The number of amides is 1. The average Bonchev–Trinajstić information content (AvgIpc) is 3.26. The summed E-state index contributed by atoms with van der Waals surface area (Å²) in [5, 5.41) is 3.53. The number of ether oxygens (including phenoxy) is 1. The first-order valence-corrected chi connectivity index (χ1v) is 8.55. The van der Waals surface area contributed by atoms with E-state index in [0.717, 1.165) is 36.7 Å². The van der Waals surface area contributed by atoms with Crippen LogP contribution in [0.5, 0.6) is 5.75 Å². The lowest BCUT2D eigenvalue weighted by Gasteiger charge is -2.10. The summed E-state index contributed by atoms with van der Waals surface area (Å²) in [6, 6.07) is 8.06. The molecule has 1 heterocycles. The van der Waals surface area contributed by atoms with Crippen molar-refractivity contribution >= 4 is 5.91 Å². The predicted octanol–water partition coefficient (Wildman–Crippen LogP) is 2.91. The molecule has 1 aliphatic rings. The van der Waals surface area contributed by atoms with E-state index in [9.17, 15) is 4.79 Å². The van der Waals surface area contributed by atoms with Crippen molar-refractivity contribution in [3.05, 3.63) is 41.5 Å². The van der Waals surface area contributed by atoms with Crippen molar-refractivity contribution in [1.29, 1.82) is 0 Å². The molecule has 1 aromatic heterocycles. The molecule has 0 unspecified atom stereocenters. The Hall–Kier alpha value is -2.37. The van der Waals surface area contributed by atoms with Crippen LogP contribution in [0.15, 0.2) is 28.8 Å². The highest BCUT2D eigenvalue weighted by molar-refractivity contribution is 5.88. The molecule has 0 aliphatic heterocycles. The molecule has 3 rings (SSSR count). The molecule has 2 aromatic rings. The molecular formula is C18H23N3O3. The SMILES string of the molecule is NC(=O)c1noc(CCc2ccc(OCCC3CCCC3)cc2)n1. The zero-order valence-corrected chi connectivity index (χ0v) is 13.7. The summed E-state index contributed by atoms with van der Waals surface area (Å²) in [6.07, 6.45) is 7.94. The fraction of sp³-hybridized carbons (Fsp3) is 0.500. The van der Waals surface area contributed by atoms with Gasteiger partial charge in [0.2, 0.25) is 5.89 Å². The average molecular weight is 329 g/mol. The highest BCUT2D eigenvalue weighted by Gasteiger charge is 2.14. The Morgan fingerprint density at radius 1 is 1.21 bits per heavy atom. The van der Waals surface area contributed by atoms with Gasteiger partial charge >= 0.3 is 0 Å². The van der Waals surface area contributed by atoms with Gasteiger partial charge in [-0.05, 0) is 36.5 Å². The summed E-state index contributed by atoms with van der Waals surface area (Å²) < 4.78 is 10.8. The minimum absolute atomic E-state index is 0.0731. The third-order valence-electron chi connectivity index (χ3n) is 4.51. The highest BCUT2D eigenvalue weighted by atomic mass is 16.5. The number of aryl methyl sites for hydroxylation is 2. The van der Waals surface area contributed by atoms with Crippen LogP contribution in [0.4, 0.5) is 0 Å². The maximum absolute atomic E-state index is 10.9. The van der Waals surface area contributed by atoms with E-state index in [4.69, 9.17) is 15.0 Å². The van der Waals surface area contributed by atoms with Gasteiger partial charge in [-0.3, -0.25) is 4.79 Å². The van der Waals surface area contributed by atoms with Crippen LogP contribution in [-0.2, 0) is 12.8 Å². The van der Waals surface area contributed by atoms with Crippen LogP contribution in [0.3, 0.4) is 0 Å². The zero-order valence-electron chi connectivity index (χ0n) is 13.7. The van der Waals surface area contributed by atoms with E-state index in [1.165, 1.54) is 25.7 Å². The summed E-state index contributed by atoms with van der Waals surface area (Å²) in [7, 11) is 0. The van der Waals surface area contributed by atoms with E-state index >= 15 is 0 Å². The number of carbonyl (C=O) groups excluding carboxylic acids is 1. The summed E-state index contributed by atoms with van der Waals surface area (Å²) in [5.41, 5.74) is 6.24. The van der Waals surface area contributed by atoms with Gasteiger partial charge in [-0.25, -0.2) is 0 Å². The fourth-order valence-corrected chi connectivity index (χ4v) is 3.10. The van der Waals surface area contributed by atoms with Crippen LogP contribution in [0.2, 0.25) is 0 Å². The predicted molar refractivity (Wildman–Crippen MR) is 88.7 cm³/mol. The number of rotatable bonds is 8. The molecule has 1 aromatic carbocycles. The lowest BCUT2D eigenvalue weighted by molar-refractivity contribution is 0.0987. The third kappa shape index (κ3) is 4.57. The van der Waals surface area contributed by atoms with Crippen molar-refractivity contribution in [2.75, 3.05) is 6.61 Å². The van der Waals surface area contributed by atoms with Crippen molar-refractivity contribution in [3.63, 3.8) is 0 Å². The van der Waals surface area contributed by atoms with E-state index < -0.39 is 5.91 Å². The van der Waals surface area contributed by atoms with Gasteiger partial charge in [0, 0.05) is 6.42 Å². The number of carbonyl (C=O) groups is 1. The molecule has 1 fully saturated rings. The molecule has 0 saturated heterocycles. The molecule has 1 amide bonds. The van der Waals surface area contributed by atoms with Gasteiger partial charge in [0.05, 0.1) is 6.61 Å². The Morgan fingerprint density at radius 3 is 2.62 bits per heavy atom. The van der Waals surface area contributed by atoms with Crippen LogP contribution in [-0.4, -0.2) is 22.7 Å². The van der Waals surface area contributed by atoms with Crippen molar-refractivity contribution in [2.45, 2.75) is 44.9 Å². The van der Waals surface area contributed by atoms with Crippen LogP contribution in [0.1, 0.15) is 54.2 Å².